The first-order valence-electron chi connectivity index (χ1n) is 5.88. The fourth-order valence-electron chi connectivity index (χ4n) is 1.87. The molecule has 0 unspecified atom stereocenters. The molecule has 0 atom stereocenters. The summed E-state index contributed by atoms with van der Waals surface area (Å²) in [6.07, 6.45) is 0.830. The van der Waals surface area contributed by atoms with Crippen molar-refractivity contribution in [3.8, 4) is 11.4 Å². The molecule has 4 nitrogen and oxygen atoms in total. The summed E-state index contributed by atoms with van der Waals surface area (Å²) >= 11 is 1.61. The average Bonchev–Trinajstić information content (AvgIpc) is 2.93. The van der Waals surface area contributed by atoms with Gasteiger partial charge in [0.1, 0.15) is 0 Å². The van der Waals surface area contributed by atoms with E-state index >= 15 is 0 Å². The third-order valence-electron chi connectivity index (χ3n) is 2.86. The summed E-state index contributed by atoms with van der Waals surface area (Å²) in [7, 11) is 0. The Morgan fingerprint density at radius 2 is 2.06 bits per heavy atom. The summed E-state index contributed by atoms with van der Waals surface area (Å²) in [6.45, 7) is 2.70. The maximum atomic E-state index is 5.59. The third kappa shape index (κ3) is 1.91. The first kappa shape index (κ1) is 11.4. The minimum absolute atomic E-state index is 0.631. The van der Waals surface area contributed by atoms with Gasteiger partial charge in [-0.05, 0) is 13.5 Å². The van der Waals surface area contributed by atoms with Gasteiger partial charge in [0.25, 0.3) is 0 Å². The van der Waals surface area contributed by atoms with Gasteiger partial charge < -0.3 is 5.73 Å². The lowest BCUT2D eigenvalue weighted by Gasteiger charge is -1.96. The molecule has 5 heteroatoms. The van der Waals surface area contributed by atoms with Crippen molar-refractivity contribution in [2.75, 3.05) is 6.54 Å². The number of benzene rings is 1. The Morgan fingerprint density at radius 3 is 2.78 bits per heavy atom. The van der Waals surface area contributed by atoms with Gasteiger partial charge in [-0.15, -0.1) is 16.4 Å². The Morgan fingerprint density at radius 1 is 1.28 bits per heavy atom. The summed E-state index contributed by atoms with van der Waals surface area (Å²) in [5, 5.41) is 6.62. The molecule has 0 spiro atoms. The molecule has 2 heterocycles. The summed E-state index contributed by atoms with van der Waals surface area (Å²) in [5.74, 6) is 0.778. The molecule has 2 aromatic heterocycles. The van der Waals surface area contributed by atoms with Crippen molar-refractivity contribution in [1.29, 1.82) is 0 Å². The highest BCUT2D eigenvalue weighted by Gasteiger charge is 2.10. The molecule has 0 aliphatic carbocycles. The number of hydrogen-bond acceptors (Lipinski definition) is 4. The van der Waals surface area contributed by atoms with Crippen LogP contribution in [0.4, 0.5) is 0 Å². The normalized spacial score (nSPS) is 11.2. The van der Waals surface area contributed by atoms with Gasteiger partial charge in [-0.1, -0.05) is 29.8 Å². The number of aryl methyl sites for hydroxylation is 1. The molecule has 0 saturated heterocycles. The summed E-state index contributed by atoms with van der Waals surface area (Å²) in [5.41, 5.74) is 9.01. The molecule has 3 rings (SSSR count). The van der Waals surface area contributed by atoms with Crippen LogP contribution in [0.5, 0.6) is 0 Å². The predicted molar refractivity (Wildman–Crippen MR) is 73.8 cm³/mol. The monoisotopic (exact) mass is 258 g/mol. The maximum Gasteiger partial charge on any atom is 0.212 e. The van der Waals surface area contributed by atoms with Gasteiger partial charge in [0.2, 0.25) is 4.96 Å². The molecule has 0 bridgehead atoms. The number of nitrogens with two attached hydrogens (primary N) is 1. The number of hydrogen-bond donors (Lipinski definition) is 1. The SMILES string of the molecule is Cc1ccc(-c2nc3scc(CCN)n3n2)cc1. The van der Waals surface area contributed by atoms with E-state index in [4.69, 9.17) is 5.73 Å². The zero-order chi connectivity index (χ0) is 12.5. The smallest absolute Gasteiger partial charge is 0.212 e. The topological polar surface area (TPSA) is 56.2 Å². The molecule has 0 amide bonds. The van der Waals surface area contributed by atoms with Crippen molar-refractivity contribution in [3.05, 3.63) is 40.9 Å². The Kier molecular flexibility index (Phi) is 2.85. The van der Waals surface area contributed by atoms with E-state index < -0.39 is 0 Å². The van der Waals surface area contributed by atoms with E-state index in [2.05, 4.69) is 46.7 Å². The molecule has 18 heavy (non-hydrogen) atoms. The second-order valence-electron chi connectivity index (χ2n) is 4.26. The van der Waals surface area contributed by atoms with E-state index in [0.29, 0.717) is 6.54 Å². The molecule has 1 aromatic carbocycles. The van der Waals surface area contributed by atoms with Crippen LogP contribution >= 0.6 is 11.3 Å². The van der Waals surface area contributed by atoms with E-state index in [9.17, 15) is 0 Å². The van der Waals surface area contributed by atoms with E-state index in [1.165, 1.54) is 5.56 Å². The summed E-state index contributed by atoms with van der Waals surface area (Å²) in [6, 6.07) is 8.26. The minimum Gasteiger partial charge on any atom is -0.330 e. The van der Waals surface area contributed by atoms with Crippen LogP contribution in [-0.2, 0) is 6.42 Å². The van der Waals surface area contributed by atoms with Gasteiger partial charge >= 0.3 is 0 Å². The van der Waals surface area contributed by atoms with Gasteiger partial charge in [-0.2, -0.15) is 4.98 Å². The lowest BCUT2D eigenvalue weighted by molar-refractivity contribution is 0.844. The van der Waals surface area contributed by atoms with Crippen LogP contribution < -0.4 is 5.73 Å². The first-order chi connectivity index (χ1) is 8.78. The number of nitrogens with zero attached hydrogens (tertiary/aromatic N) is 3. The van der Waals surface area contributed by atoms with Crippen LogP contribution in [0.1, 0.15) is 11.3 Å². The van der Waals surface area contributed by atoms with Crippen LogP contribution in [-0.4, -0.2) is 21.1 Å². The van der Waals surface area contributed by atoms with Crippen LogP contribution in [0, 0.1) is 6.92 Å². The van der Waals surface area contributed by atoms with Crippen molar-refractivity contribution in [3.63, 3.8) is 0 Å². The van der Waals surface area contributed by atoms with Gasteiger partial charge in [0, 0.05) is 17.4 Å². The largest absolute Gasteiger partial charge is 0.330 e. The molecule has 0 saturated carbocycles. The highest BCUT2D eigenvalue weighted by atomic mass is 32.1. The van der Waals surface area contributed by atoms with E-state index in [1.807, 2.05) is 4.52 Å². The molecular formula is C13H14N4S. The lowest BCUT2D eigenvalue weighted by Crippen LogP contribution is -2.05. The fourth-order valence-corrected chi connectivity index (χ4v) is 2.73. The molecular weight excluding hydrogens is 244 g/mol. The highest BCUT2D eigenvalue weighted by molar-refractivity contribution is 7.15. The van der Waals surface area contributed by atoms with Crippen LogP contribution in [0.25, 0.3) is 16.3 Å². The highest BCUT2D eigenvalue weighted by Crippen LogP contribution is 2.21. The molecule has 2 N–H and O–H groups in total. The number of fused-ring (bicyclic) bond motifs is 1. The average molecular weight is 258 g/mol. The fraction of sp³-hybridized carbons (Fsp3) is 0.231. The molecule has 3 aromatic rings. The standard InChI is InChI=1S/C13H14N4S/c1-9-2-4-10(5-3-9)12-15-13-17(16-12)11(6-7-14)8-18-13/h2-5,8H,6-7,14H2,1H3. The number of aromatic nitrogens is 3. The second-order valence-corrected chi connectivity index (χ2v) is 5.10. The van der Waals surface area contributed by atoms with E-state index in [1.54, 1.807) is 11.3 Å². The minimum atomic E-state index is 0.631. The molecule has 0 aliphatic heterocycles. The third-order valence-corrected chi connectivity index (χ3v) is 3.73. The molecule has 0 radical (unpaired) electrons. The maximum absolute atomic E-state index is 5.59. The zero-order valence-electron chi connectivity index (χ0n) is 10.1. The lowest BCUT2D eigenvalue weighted by atomic mass is 10.1. The van der Waals surface area contributed by atoms with Crippen LogP contribution in [0.2, 0.25) is 0 Å². The van der Waals surface area contributed by atoms with Crippen LogP contribution in [0.3, 0.4) is 0 Å². The van der Waals surface area contributed by atoms with Crippen molar-refractivity contribution in [2.24, 2.45) is 5.73 Å². The number of rotatable bonds is 3. The van der Waals surface area contributed by atoms with E-state index in [0.717, 1.165) is 28.5 Å². The number of thiazole rings is 1. The van der Waals surface area contributed by atoms with E-state index in [-0.39, 0.29) is 0 Å². The van der Waals surface area contributed by atoms with Crippen molar-refractivity contribution in [1.82, 2.24) is 14.6 Å². The molecule has 0 fully saturated rings. The zero-order valence-corrected chi connectivity index (χ0v) is 10.9. The molecule has 92 valence electrons. The first-order valence-corrected chi connectivity index (χ1v) is 6.76. The van der Waals surface area contributed by atoms with Crippen molar-refractivity contribution in [2.45, 2.75) is 13.3 Å². The Hall–Kier alpha value is -1.72. The van der Waals surface area contributed by atoms with Gasteiger partial charge in [-0.25, -0.2) is 4.52 Å². The van der Waals surface area contributed by atoms with Gasteiger partial charge in [-0.3, -0.25) is 0 Å². The quantitative estimate of drug-likeness (QED) is 0.784. The molecule has 0 aliphatic rings. The Labute approximate surface area is 109 Å². The summed E-state index contributed by atoms with van der Waals surface area (Å²) in [4.78, 5) is 5.47. The van der Waals surface area contributed by atoms with Crippen molar-refractivity contribution < 1.29 is 0 Å². The summed E-state index contributed by atoms with van der Waals surface area (Å²) < 4.78 is 1.90. The Balaban J connectivity index is 2.05. The van der Waals surface area contributed by atoms with Crippen molar-refractivity contribution >= 4 is 16.3 Å². The van der Waals surface area contributed by atoms with Crippen LogP contribution in [0.15, 0.2) is 29.6 Å². The van der Waals surface area contributed by atoms with Gasteiger partial charge in [0.15, 0.2) is 5.82 Å². The second kappa shape index (κ2) is 4.51. The predicted octanol–water partition coefficient (Wildman–Crippen LogP) is 2.27. The Bertz CT molecular complexity index is 666. The van der Waals surface area contributed by atoms with Gasteiger partial charge in [0.05, 0.1) is 5.69 Å².